The van der Waals surface area contributed by atoms with Gasteiger partial charge < -0.3 is 19.2 Å². The number of carbonyl (C=O) groups excluding carboxylic acids is 1. The highest BCUT2D eigenvalue weighted by molar-refractivity contribution is 6.31. The van der Waals surface area contributed by atoms with E-state index in [9.17, 15) is 9.18 Å². The van der Waals surface area contributed by atoms with Gasteiger partial charge in [-0.05, 0) is 42.0 Å². The zero-order chi connectivity index (χ0) is 22.5. The number of nitrogens with one attached hydrogen (secondary N) is 1. The molecule has 0 saturated heterocycles. The number of aromatic nitrogens is 2. The van der Waals surface area contributed by atoms with Crippen molar-refractivity contribution in [2.24, 2.45) is 0 Å². The molecule has 1 N–H and O–H groups in total. The molecule has 164 valence electrons. The molecule has 0 aliphatic carbocycles. The third-order valence-electron chi connectivity index (χ3n) is 4.54. The number of hydrogen-bond acceptors (Lipinski definition) is 5. The van der Waals surface area contributed by atoms with Crippen LogP contribution in [0.2, 0.25) is 5.02 Å². The highest BCUT2D eigenvalue weighted by Gasteiger charge is 2.14. The Morgan fingerprint density at radius 1 is 1.16 bits per heavy atom. The Morgan fingerprint density at radius 3 is 2.81 bits per heavy atom. The average molecular weight is 456 g/mol. The lowest BCUT2D eigenvalue weighted by molar-refractivity contribution is 0.0992. The SMILES string of the molecule is COc1cccc(OCc2ccc(C(=O)Nc3ccn(Cc4ccc(F)cc4Cl)n3)o2)c1. The zero-order valence-corrected chi connectivity index (χ0v) is 17.8. The van der Waals surface area contributed by atoms with E-state index in [1.165, 1.54) is 12.1 Å². The van der Waals surface area contributed by atoms with Gasteiger partial charge in [-0.15, -0.1) is 0 Å². The number of amides is 1. The number of ether oxygens (including phenoxy) is 2. The van der Waals surface area contributed by atoms with E-state index in [0.717, 1.165) is 0 Å². The summed E-state index contributed by atoms with van der Waals surface area (Å²) in [4.78, 5) is 12.5. The Hall–Kier alpha value is -3.78. The van der Waals surface area contributed by atoms with Crippen LogP contribution >= 0.6 is 11.6 Å². The van der Waals surface area contributed by atoms with Crippen LogP contribution in [-0.4, -0.2) is 22.8 Å². The van der Waals surface area contributed by atoms with E-state index in [4.69, 9.17) is 25.5 Å². The van der Waals surface area contributed by atoms with Crippen molar-refractivity contribution in [3.63, 3.8) is 0 Å². The topological polar surface area (TPSA) is 78.5 Å². The molecule has 0 spiro atoms. The Bertz CT molecular complexity index is 1240. The Balaban J connectivity index is 1.34. The fourth-order valence-corrected chi connectivity index (χ4v) is 3.17. The molecule has 0 unspecified atom stereocenters. The molecule has 0 radical (unpaired) electrons. The number of halogens is 2. The summed E-state index contributed by atoms with van der Waals surface area (Å²) in [7, 11) is 1.58. The van der Waals surface area contributed by atoms with E-state index in [0.29, 0.717) is 40.2 Å². The highest BCUT2D eigenvalue weighted by Crippen LogP contribution is 2.21. The number of nitrogens with zero attached hydrogens (tertiary/aromatic N) is 2. The molecule has 0 aliphatic rings. The second kappa shape index (κ2) is 9.57. The maximum absolute atomic E-state index is 13.2. The zero-order valence-electron chi connectivity index (χ0n) is 17.0. The number of hydrogen-bond donors (Lipinski definition) is 1. The molecule has 0 fully saturated rings. The molecule has 0 atom stereocenters. The number of benzene rings is 2. The quantitative estimate of drug-likeness (QED) is 0.397. The van der Waals surface area contributed by atoms with Crippen LogP contribution in [0, 0.1) is 5.82 Å². The number of furan rings is 1. The average Bonchev–Trinajstić information content (AvgIpc) is 3.44. The molecular formula is C23H19ClFN3O4. The van der Waals surface area contributed by atoms with Crippen molar-refractivity contribution >= 4 is 23.3 Å². The van der Waals surface area contributed by atoms with E-state index < -0.39 is 11.7 Å². The van der Waals surface area contributed by atoms with Gasteiger partial charge in [-0.2, -0.15) is 5.10 Å². The summed E-state index contributed by atoms with van der Waals surface area (Å²) in [5, 5.41) is 7.27. The molecule has 9 heteroatoms. The molecular weight excluding hydrogens is 437 g/mol. The molecule has 0 aliphatic heterocycles. The first kappa shape index (κ1) is 21.5. The lowest BCUT2D eigenvalue weighted by Crippen LogP contribution is -2.12. The Kier molecular flexibility index (Phi) is 6.42. The molecule has 4 rings (SSSR count). The largest absolute Gasteiger partial charge is 0.497 e. The third kappa shape index (κ3) is 5.28. The minimum absolute atomic E-state index is 0.130. The fraction of sp³-hybridized carbons (Fsp3) is 0.130. The Morgan fingerprint density at radius 2 is 2.00 bits per heavy atom. The van der Waals surface area contributed by atoms with Gasteiger partial charge in [0.2, 0.25) is 0 Å². The first-order valence-electron chi connectivity index (χ1n) is 9.64. The van der Waals surface area contributed by atoms with Crippen molar-refractivity contribution < 1.29 is 23.1 Å². The smallest absolute Gasteiger partial charge is 0.292 e. The van der Waals surface area contributed by atoms with Crippen molar-refractivity contribution in [2.75, 3.05) is 12.4 Å². The number of anilines is 1. The minimum Gasteiger partial charge on any atom is -0.497 e. The normalized spacial score (nSPS) is 10.7. The van der Waals surface area contributed by atoms with E-state index in [2.05, 4.69) is 10.4 Å². The van der Waals surface area contributed by atoms with Crippen LogP contribution in [0.1, 0.15) is 21.9 Å². The molecule has 2 heterocycles. The van der Waals surface area contributed by atoms with Crippen LogP contribution in [0.15, 0.2) is 71.3 Å². The van der Waals surface area contributed by atoms with Gasteiger partial charge in [0.1, 0.15) is 29.7 Å². The summed E-state index contributed by atoms with van der Waals surface area (Å²) in [5.41, 5.74) is 0.709. The number of carbonyl (C=O) groups is 1. The van der Waals surface area contributed by atoms with Crippen molar-refractivity contribution in [3.8, 4) is 11.5 Å². The predicted octanol–water partition coefficient (Wildman–Crippen LogP) is 5.16. The molecule has 2 aromatic carbocycles. The molecule has 2 aromatic heterocycles. The minimum atomic E-state index is -0.442. The molecule has 7 nitrogen and oxygen atoms in total. The van der Waals surface area contributed by atoms with Gasteiger partial charge in [0.05, 0.1) is 13.7 Å². The monoisotopic (exact) mass is 455 g/mol. The maximum atomic E-state index is 13.2. The highest BCUT2D eigenvalue weighted by atomic mass is 35.5. The van der Waals surface area contributed by atoms with Gasteiger partial charge in [0.25, 0.3) is 5.91 Å². The molecule has 1 amide bonds. The second-order valence-corrected chi connectivity index (χ2v) is 7.23. The van der Waals surface area contributed by atoms with Crippen LogP contribution in [0.25, 0.3) is 0 Å². The summed E-state index contributed by atoms with van der Waals surface area (Å²) in [6, 6.07) is 16.2. The molecule has 0 bridgehead atoms. The lowest BCUT2D eigenvalue weighted by atomic mass is 10.2. The third-order valence-corrected chi connectivity index (χ3v) is 4.89. The van der Waals surface area contributed by atoms with E-state index in [1.54, 1.807) is 54.4 Å². The van der Waals surface area contributed by atoms with E-state index >= 15 is 0 Å². The first-order valence-corrected chi connectivity index (χ1v) is 10.0. The lowest BCUT2D eigenvalue weighted by Gasteiger charge is -2.06. The summed E-state index contributed by atoms with van der Waals surface area (Å²) < 4.78 is 31.2. The first-order chi connectivity index (χ1) is 15.5. The van der Waals surface area contributed by atoms with Crippen LogP contribution in [-0.2, 0) is 13.2 Å². The summed E-state index contributed by atoms with van der Waals surface area (Å²) >= 11 is 6.05. The summed E-state index contributed by atoms with van der Waals surface area (Å²) in [6.45, 7) is 0.495. The van der Waals surface area contributed by atoms with Crippen molar-refractivity contribution in [3.05, 3.63) is 94.8 Å². The van der Waals surface area contributed by atoms with Crippen LogP contribution in [0.5, 0.6) is 11.5 Å². The van der Waals surface area contributed by atoms with Crippen molar-refractivity contribution in [2.45, 2.75) is 13.2 Å². The summed E-state index contributed by atoms with van der Waals surface area (Å²) in [6.07, 6.45) is 1.69. The second-order valence-electron chi connectivity index (χ2n) is 6.82. The van der Waals surface area contributed by atoms with Gasteiger partial charge >= 0.3 is 0 Å². The molecule has 0 saturated carbocycles. The van der Waals surface area contributed by atoms with Crippen LogP contribution in [0.4, 0.5) is 10.2 Å². The maximum Gasteiger partial charge on any atom is 0.292 e. The number of rotatable bonds is 8. The molecule has 32 heavy (non-hydrogen) atoms. The van der Waals surface area contributed by atoms with E-state index in [1.807, 2.05) is 12.1 Å². The Labute approximate surface area is 188 Å². The van der Waals surface area contributed by atoms with Gasteiger partial charge in [-0.1, -0.05) is 23.7 Å². The van der Waals surface area contributed by atoms with E-state index in [-0.39, 0.29) is 12.4 Å². The van der Waals surface area contributed by atoms with Gasteiger partial charge in [0, 0.05) is 23.4 Å². The summed E-state index contributed by atoms with van der Waals surface area (Å²) in [5.74, 6) is 1.43. The molecule has 4 aromatic rings. The van der Waals surface area contributed by atoms with Crippen molar-refractivity contribution in [1.82, 2.24) is 9.78 Å². The predicted molar refractivity (Wildman–Crippen MR) is 117 cm³/mol. The van der Waals surface area contributed by atoms with Gasteiger partial charge in [-0.25, -0.2) is 4.39 Å². The standard InChI is InChI=1S/C23H19ClFN3O4/c1-30-17-3-2-4-18(12-17)31-14-19-7-8-21(32-19)23(29)26-22-9-10-28(27-22)13-15-5-6-16(25)11-20(15)24/h2-12H,13-14H2,1H3,(H,26,27,29). The van der Waals surface area contributed by atoms with Gasteiger partial charge in [0.15, 0.2) is 11.6 Å². The van der Waals surface area contributed by atoms with Crippen molar-refractivity contribution in [1.29, 1.82) is 0 Å². The van der Waals surface area contributed by atoms with Gasteiger partial charge in [-0.3, -0.25) is 9.48 Å². The number of methoxy groups -OCH3 is 1. The van der Waals surface area contributed by atoms with Crippen LogP contribution < -0.4 is 14.8 Å². The van der Waals surface area contributed by atoms with Crippen LogP contribution in [0.3, 0.4) is 0 Å². The fourth-order valence-electron chi connectivity index (χ4n) is 2.94.